The van der Waals surface area contributed by atoms with E-state index >= 15 is 0 Å². The maximum atomic E-state index is 12.7. The molecule has 1 N–H and O–H groups in total. The molecule has 0 spiro atoms. The average Bonchev–Trinajstić information content (AvgIpc) is 2.25. The summed E-state index contributed by atoms with van der Waals surface area (Å²) in [6.45, 7) is 0. The largest absolute Gasteiger partial charge is 0.469 e. The normalized spacial score (nSPS) is 12.2. The van der Waals surface area contributed by atoms with Crippen LogP contribution in [0.1, 0.15) is 24.5 Å². The molecule has 0 radical (unpaired) electrons. The Kier molecular flexibility index (Phi) is 4.71. The predicted octanol–water partition coefficient (Wildman–Crippen LogP) is 2.47. The minimum Gasteiger partial charge on any atom is -0.469 e. The second-order valence-electron chi connectivity index (χ2n) is 3.30. The van der Waals surface area contributed by atoms with E-state index in [1.807, 2.05) is 0 Å². The van der Waals surface area contributed by atoms with E-state index in [9.17, 15) is 14.3 Å². The SMILES string of the molecule is COC(=O)CCC(O)c1ccc(F)cc1Cl. The lowest BCUT2D eigenvalue weighted by molar-refractivity contribution is -0.141. The molecule has 0 aliphatic carbocycles. The number of halogens is 2. The van der Waals surface area contributed by atoms with Gasteiger partial charge in [-0.05, 0) is 24.1 Å². The third-order valence-corrected chi connectivity index (χ3v) is 2.50. The topological polar surface area (TPSA) is 46.5 Å². The van der Waals surface area contributed by atoms with Gasteiger partial charge in [0.2, 0.25) is 0 Å². The molecule has 5 heteroatoms. The molecule has 88 valence electrons. The molecule has 0 aliphatic rings. The van der Waals surface area contributed by atoms with Gasteiger partial charge in [0.25, 0.3) is 0 Å². The molecule has 16 heavy (non-hydrogen) atoms. The van der Waals surface area contributed by atoms with Gasteiger partial charge in [0, 0.05) is 11.4 Å². The van der Waals surface area contributed by atoms with Crippen molar-refractivity contribution in [3.05, 3.63) is 34.6 Å². The molecule has 1 aromatic rings. The highest BCUT2D eigenvalue weighted by Gasteiger charge is 2.14. The molecule has 0 aliphatic heterocycles. The lowest BCUT2D eigenvalue weighted by Gasteiger charge is -2.11. The summed E-state index contributed by atoms with van der Waals surface area (Å²) in [5.74, 6) is -0.869. The first-order valence-electron chi connectivity index (χ1n) is 4.74. The standard InChI is InChI=1S/C11H12ClFO3/c1-16-11(15)5-4-10(14)8-3-2-7(13)6-9(8)12/h2-3,6,10,14H,4-5H2,1H3. The number of hydrogen-bond donors (Lipinski definition) is 1. The van der Waals surface area contributed by atoms with Gasteiger partial charge in [-0.3, -0.25) is 4.79 Å². The van der Waals surface area contributed by atoms with Crippen LogP contribution >= 0.6 is 11.6 Å². The van der Waals surface area contributed by atoms with Crippen LogP contribution in [0.25, 0.3) is 0 Å². The van der Waals surface area contributed by atoms with Crippen LogP contribution in [-0.2, 0) is 9.53 Å². The summed E-state index contributed by atoms with van der Waals surface area (Å²) >= 11 is 5.76. The molecule has 1 rings (SSSR count). The Balaban J connectivity index is 2.65. The van der Waals surface area contributed by atoms with E-state index in [0.29, 0.717) is 5.56 Å². The summed E-state index contributed by atoms with van der Waals surface area (Å²) in [4.78, 5) is 10.9. The van der Waals surface area contributed by atoms with Crippen LogP contribution in [0.5, 0.6) is 0 Å². The second kappa shape index (κ2) is 5.82. The number of ether oxygens (including phenoxy) is 1. The Labute approximate surface area is 97.8 Å². The summed E-state index contributed by atoms with van der Waals surface area (Å²) < 4.78 is 17.2. The molecular formula is C11H12ClFO3. The van der Waals surface area contributed by atoms with Crippen molar-refractivity contribution >= 4 is 17.6 Å². The average molecular weight is 247 g/mol. The maximum absolute atomic E-state index is 12.7. The van der Waals surface area contributed by atoms with Crippen molar-refractivity contribution in [2.24, 2.45) is 0 Å². The molecule has 1 aromatic carbocycles. The fourth-order valence-electron chi connectivity index (χ4n) is 1.28. The van der Waals surface area contributed by atoms with Gasteiger partial charge in [0.1, 0.15) is 5.82 Å². The van der Waals surface area contributed by atoms with Crippen molar-refractivity contribution in [2.75, 3.05) is 7.11 Å². The number of carbonyl (C=O) groups is 1. The van der Waals surface area contributed by atoms with Crippen LogP contribution in [0.3, 0.4) is 0 Å². The lowest BCUT2D eigenvalue weighted by Crippen LogP contribution is -2.05. The van der Waals surface area contributed by atoms with E-state index in [-0.39, 0.29) is 17.9 Å². The highest BCUT2D eigenvalue weighted by molar-refractivity contribution is 6.31. The summed E-state index contributed by atoms with van der Waals surface area (Å²) in [5, 5.41) is 9.87. The highest BCUT2D eigenvalue weighted by Crippen LogP contribution is 2.26. The van der Waals surface area contributed by atoms with Crippen LogP contribution in [0.15, 0.2) is 18.2 Å². The highest BCUT2D eigenvalue weighted by atomic mass is 35.5. The number of carbonyl (C=O) groups excluding carboxylic acids is 1. The molecule has 3 nitrogen and oxygen atoms in total. The summed E-state index contributed by atoms with van der Waals surface area (Å²) in [5.41, 5.74) is 0.409. The van der Waals surface area contributed by atoms with Crippen molar-refractivity contribution in [3.63, 3.8) is 0 Å². The Morgan fingerprint density at radius 3 is 2.88 bits per heavy atom. The van der Waals surface area contributed by atoms with Gasteiger partial charge in [-0.1, -0.05) is 17.7 Å². The number of benzene rings is 1. The van der Waals surface area contributed by atoms with E-state index < -0.39 is 17.9 Å². The third-order valence-electron chi connectivity index (χ3n) is 2.17. The first-order chi connectivity index (χ1) is 7.54. The first kappa shape index (κ1) is 12.9. The fourth-order valence-corrected chi connectivity index (χ4v) is 1.58. The van der Waals surface area contributed by atoms with E-state index in [0.717, 1.165) is 6.07 Å². The number of esters is 1. The molecule has 1 atom stereocenters. The van der Waals surface area contributed by atoms with Crippen molar-refractivity contribution < 1.29 is 19.0 Å². The molecule has 1 unspecified atom stereocenters. The lowest BCUT2D eigenvalue weighted by atomic mass is 10.0. The first-order valence-corrected chi connectivity index (χ1v) is 5.12. The minimum absolute atomic E-state index is 0.0887. The smallest absolute Gasteiger partial charge is 0.305 e. The number of aliphatic hydroxyl groups excluding tert-OH is 1. The predicted molar refractivity (Wildman–Crippen MR) is 57.6 cm³/mol. The van der Waals surface area contributed by atoms with E-state index in [2.05, 4.69) is 4.74 Å². The Morgan fingerprint density at radius 1 is 1.62 bits per heavy atom. The second-order valence-corrected chi connectivity index (χ2v) is 3.70. The van der Waals surface area contributed by atoms with E-state index in [1.165, 1.54) is 19.2 Å². The zero-order valence-electron chi connectivity index (χ0n) is 8.74. The Morgan fingerprint density at radius 2 is 2.31 bits per heavy atom. The Hall–Kier alpha value is -1.13. The molecule has 0 amide bonds. The molecule has 0 saturated heterocycles. The molecule has 0 bridgehead atoms. The van der Waals surface area contributed by atoms with Crippen LogP contribution in [0, 0.1) is 5.82 Å². The number of aliphatic hydroxyl groups is 1. The van der Waals surface area contributed by atoms with Gasteiger partial charge in [-0.25, -0.2) is 4.39 Å². The maximum Gasteiger partial charge on any atom is 0.305 e. The summed E-state index contributed by atoms with van der Waals surface area (Å²) in [6.07, 6.45) is -0.615. The summed E-state index contributed by atoms with van der Waals surface area (Å²) in [6, 6.07) is 3.74. The van der Waals surface area contributed by atoms with E-state index in [1.54, 1.807) is 0 Å². The van der Waals surface area contributed by atoms with Crippen LogP contribution in [0.4, 0.5) is 4.39 Å². The Bertz CT molecular complexity index is 381. The zero-order valence-corrected chi connectivity index (χ0v) is 9.50. The molecule has 0 aromatic heterocycles. The van der Waals surface area contributed by atoms with Gasteiger partial charge in [0.05, 0.1) is 13.2 Å². The van der Waals surface area contributed by atoms with Gasteiger partial charge in [-0.15, -0.1) is 0 Å². The van der Waals surface area contributed by atoms with Gasteiger partial charge < -0.3 is 9.84 Å². The number of methoxy groups -OCH3 is 1. The molecule has 0 heterocycles. The van der Waals surface area contributed by atoms with Gasteiger partial charge >= 0.3 is 5.97 Å². The van der Waals surface area contributed by atoms with Crippen molar-refractivity contribution in [2.45, 2.75) is 18.9 Å². The number of hydrogen-bond acceptors (Lipinski definition) is 3. The minimum atomic E-state index is -0.896. The third kappa shape index (κ3) is 3.47. The zero-order chi connectivity index (χ0) is 12.1. The van der Waals surface area contributed by atoms with Gasteiger partial charge in [0.15, 0.2) is 0 Å². The number of rotatable bonds is 4. The summed E-state index contributed by atoms with van der Waals surface area (Å²) in [7, 11) is 1.28. The van der Waals surface area contributed by atoms with Crippen molar-refractivity contribution in [1.29, 1.82) is 0 Å². The van der Waals surface area contributed by atoms with Gasteiger partial charge in [-0.2, -0.15) is 0 Å². The van der Waals surface area contributed by atoms with Crippen LogP contribution in [0.2, 0.25) is 5.02 Å². The van der Waals surface area contributed by atoms with Crippen LogP contribution in [-0.4, -0.2) is 18.2 Å². The fraction of sp³-hybridized carbons (Fsp3) is 0.364. The van der Waals surface area contributed by atoms with Crippen molar-refractivity contribution in [1.82, 2.24) is 0 Å². The molecule has 0 saturated carbocycles. The van der Waals surface area contributed by atoms with Crippen LogP contribution < -0.4 is 0 Å². The molecule has 0 fully saturated rings. The quantitative estimate of drug-likeness (QED) is 0.831. The van der Waals surface area contributed by atoms with Crippen molar-refractivity contribution in [3.8, 4) is 0 Å². The molecular weight excluding hydrogens is 235 g/mol. The van der Waals surface area contributed by atoms with E-state index in [4.69, 9.17) is 11.6 Å². The monoisotopic (exact) mass is 246 g/mol.